The average molecular weight is 206 g/mol. The van der Waals surface area contributed by atoms with Crippen LogP contribution in [-0.4, -0.2) is 6.61 Å². The van der Waals surface area contributed by atoms with E-state index in [9.17, 15) is 0 Å². The van der Waals surface area contributed by atoms with Crippen LogP contribution in [0.15, 0.2) is 49.1 Å². The fraction of sp³-hybridized carbons (Fsp3) is 0.286. The van der Waals surface area contributed by atoms with Gasteiger partial charge in [-0.2, -0.15) is 0 Å². The molecule has 0 N–H and O–H groups in total. The van der Waals surface area contributed by atoms with Gasteiger partial charge in [0, 0.05) is 0 Å². The first kappa shape index (κ1) is 15.9. The van der Waals surface area contributed by atoms with E-state index in [1.807, 2.05) is 43.3 Å². The molecule has 0 aliphatic heterocycles. The summed E-state index contributed by atoms with van der Waals surface area (Å²) < 4.78 is 5.45. The Morgan fingerprint density at radius 3 is 2.67 bits per heavy atom. The second-order valence-electron chi connectivity index (χ2n) is 2.79. The van der Waals surface area contributed by atoms with E-state index < -0.39 is 0 Å². The lowest BCUT2D eigenvalue weighted by Gasteiger charge is -2.02. The SMILES string of the molecule is C.C.C=C/C=C/COc1cccc(C)c1. The summed E-state index contributed by atoms with van der Waals surface area (Å²) in [6, 6.07) is 8.00. The molecule has 84 valence electrons. The van der Waals surface area contributed by atoms with E-state index in [0.29, 0.717) is 6.61 Å². The molecule has 0 fully saturated rings. The van der Waals surface area contributed by atoms with Gasteiger partial charge in [0.05, 0.1) is 0 Å². The summed E-state index contributed by atoms with van der Waals surface area (Å²) in [6.07, 6.45) is 5.53. The van der Waals surface area contributed by atoms with Crippen LogP contribution in [0.25, 0.3) is 0 Å². The summed E-state index contributed by atoms with van der Waals surface area (Å²) >= 11 is 0. The van der Waals surface area contributed by atoms with Crippen LogP contribution in [0.5, 0.6) is 5.75 Å². The van der Waals surface area contributed by atoms with Crippen molar-refractivity contribution in [3.8, 4) is 5.75 Å². The molecule has 0 heterocycles. The van der Waals surface area contributed by atoms with E-state index in [2.05, 4.69) is 6.58 Å². The first-order chi connectivity index (χ1) is 6.33. The van der Waals surface area contributed by atoms with Crippen molar-refractivity contribution in [3.63, 3.8) is 0 Å². The van der Waals surface area contributed by atoms with Crippen LogP contribution in [0.4, 0.5) is 0 Å². The fourth-order valence-electron chi connectivity index (χ4n) is 1.00. The minimum atomic E-state index is 0. The van der Waals surface area contributed by atoms with Crippen molar-refractivity contribution in [2.24, 2.45) is 0 Å². The third-order valence-corrected chi connectivity index (χ3v) is 1.61. The summed E-state index contributed by atoms with van der Waals surface area (Å²) in [5.41, 5.74) is 1.21. The van der Waals surface area contributed by atoms with Gasteiger partial charge in [-0.1, -0.05) is 45.7 Å². The van der Waals surface area contributed by atoms with Gasteiger partial charge in [0.1, 0.15) is 12.4 Å². The molecule has 0 saturated carbocycles. The molecule has 15 heavy (non-hydrogen) atoms. The van der Waals surface area contributed by atoms with Gasteiger partial charge < -0.3 is 4.74 Å². The van der Waals surface area contributed by atoms with Crippen LogP contribution in [0.2, 0.25) is 0 Å². The Labute approximate surface area is 94.1 Å². The van der Waals surface area contributed by atoms with Crippen molar-refractivity contribution in [1.82, 2.24) is 0 Å². The average Bonchev–Trinajstić information content (AvgIpc) is 2.13. The first-order valence-corrected chi connectivity index (χ1v) is 4.30. The largest absolute Gasteiger partial charge is 0.490 e. The van der Waals surface area contributed by atoms with E-state index in [-0.39, 0.29) is 14.9 Å². The van der Waals surface area contributed by atoms with Crippen molar-refractivity contribution in [1.29, 1.82) is 0 Å². The van der Waals surface area contributed by atoms with E-state index >= 15 is 0 Å². The smallest absolute Gasteiger partial charge is 0.120 e. The van der Waals surface area contributed by atoms with Gasteiger partial charge in [-0.25, -0.2) is 0 Å². The number of aryl methyl sites for hydroxylation is 1. The predicted molar refractivity (Wildman–Crippen MR) is 69.5 cm³/mol. The van der Waals surface area contributed by atoms with Crippen molar-refractivity contribution in [2.75, 3.05) is 6.61 Å². The molecule has 0 bridgehead atoms. The standard InChI is InChI=1S/C12H14O.2CH4/c1-3-4-5-9-13-12-8-6-7-11(2)10-12;;/h3-8,10H,1,9H2,2H3;2*1H4/b5-4+;;. The highest BCUT2D eigenvalue weighted by molar-refractivity contribution is 5.27. The summed E-state index contributed by atoms with van der Waals surface area (Å²) in [7, 11) is 0. The van der Waals surface area contributed by atoms with Gasteiger partial charge in [0.25, 0.3) is 0 Å². The number of allylic oxidation sites excluding steroid dienone is 2. The molecule has 0 aromatic heterocycles. The van der Waals surface area contributed by atoms with E-state index in [0.717, 1.165) is 5.75 Å². The first-order valence-electron chi connectivity index (χ1n) is 4.30. The molecular weight excluding hydrogens is 184 g/mol. The molecule has 1 nitrogen and oxygen atoms in total. The lowest BCUT2D eigenvalue weighted by Crippen LogP contribution is -1.92. The Bertz CT molecular complexity index is 300. The minimum Gasteiger partial charge on any atom is -0.490 e. The van der Waals surface area contributed by atoms with E-state index in [4.69, 9.17) is 4.74 Å². The molecular formula is C14H22O. The van der Waals surface area contributed by atoms with Crippen molar-refractivity contribution in [2.45, 2.75) is 21.8 Å². The molecule has 0 amide bonds. The lowest BCUT2D eigenvalue weighted by atomic mass is 10.2. The lowest BCUT2D eigenvalue weighted by molar-refractivity contribution is 0.362. The van der Waals surface area contributed by atoms with Crippen LogP contribution < -0.4 is 4.74 Å². The summed E-state index contributed by atoms with van der Waals surface area (Å²) in [5, 5.41) is 0. The Kier molecular flexibility index (Phi) is 9.65. The number of hydrogen-bond acceptors (Lipinski definition) is 1. The van der Waals surface area contributed by atoms with Gasteiger partial charge >= 0.3 is 0 Å². The van der Waals surface area contributed by atoms with Gasteiger partial charge in [0.15, 0.2) is 0 Å². The molecule has 1 aromatic carbocycles. The van der Waals surface area contributed by atoms with Gasteiger partial charge in [-0.15, -0.1) is 0 Å². The van der Waals surface area contributed by atoms with Crippen molar-refractivity contribution < 1.29 is 4.74 Å². The highest BCUT2D eigenvalue weighted by Gasteiger charge is 1.90. The molecule has 0 unspecified atom stereocenters. The fourth-order valence-corrected chi connectivity index (χ4v) is 1.00. The summed E-state index contributed by atoms with van der Waals surface area (Å²) in [6.45, 7) is 6.22. The topological polar surface area (TPSA) is 9.23 Å². The maximum Gasteiger partial charge on any atom is 0.120 e. The quantitative estimate of drug-likeness (QED) is 0.664. The third kappa shape index (κ3) is 6.55. The normalized spacial score (nSPS) is 8.87. The van der Waals surface area contributed by atoms with Crippen molar-refractivity contribution in [3.05, 3.63) is 54.6 Å². The highest BCUT2D eigenvalue weighted by Crippen LogP contribution is 2.11. The number of hydrogen-bond donors (Lipinski definition) is 0. The zero-order valence-corrected chi connectivity index (χ0v) is 7.86. The molecule has 0 aliphatic rings. The van der Waals surface area contributed by atoms with Crippen molar-refractivity contribution >= 4 is 0 Å². The molecule has 0 spiro atoms. The molecule has 1 rings (SSSR count). The van der Waals surface area contributed by atoms with Gasteiger partial charge in [-0.3, -0.25) is 0 Å². The van der Waals surface area contributed by atoms with Crippen LogP contribution in [0.3, 0.4) is 0 Å². The number of benzene rings is 1. The van der Waals surface area contributed by atoms with Gasteiger partial charge in [0.2, 0.25) is 0 Å². The second kappa shape index (κ2) is 9.07. The van der Waals surface area contributed by atoms with E-state index in [1.54, 1.807) is 6.08 Å². The molecule has 0 atom stereocenters. The monoisotopic (exact) mass is 206 g/mol. The minimum absolute atomic E-state index is 0. The Morgan fingerprint density at radius 2 is 2.07 bits per heavy atom. The van der Waals surface area contributed by atoms with Crippen LogP contribution in [0.1, 0.15) is 20.4 Å². The van der Waals surface area contributed by atoms with Crippen LogP contribution in [-0.2, 0) is 0 Å². The second-order valence-corrected chi connectivity index (χ2v) is 2.79. The molecule has 0 saturated heterocycles. The van der Waals surface area contributed by atoms with Gasteiger partial charge in [-0.05, 0) is 30.7 Å². The number of ether oxygens (including phenoxy) is 1. The van der Waals surface area contributed by atoms with Crippen LogP contribution >= 0.6 is 0 Å². The third-order valence-electron chi connectivity index (χ3n) is 1.61. The molecule has 0 radical (unpaired) electrons. The molecule has 1 aromatic rings. The predicted octanol–water partition coefficient (Wildman–Crippen LogP) is 4.39. The zero-order valence-electron chi connectivity index (χ0n) is 7.86. The zero-order chi connectivity index (χ0) is 9.52. The highest BCUT2D eigenvalue weighted by atomic mass is 16.5. The maximum atomic E-state index is 5.45. The number of rotatable bonds is 4. The maximum absolute atomic E-state index is 5.45. The Morgan fingerprint density at radius 1 is 1.33 bits per heavy atom. The summed E-state index contributed by atoms with van der Waals surface area (Å²) in [5.74, 6) is 0.911. The Balaban J connectivity index is 0. The molecule has 0 aliphatic carbocycles. The van der Waals surface area contributed by atoms with Crippen LogP contribution in [0, 0.1) is 6.92 Å². The van der Waals surface area contributed by atoms with E-state index in [1.165, 1.54) is 5.56 Å². The molecule has 1 heteroatoms. The summed E-state index contributed by atoms with van der Waals surface area (Å²) in [4.78, 5) is 0. The Hall–Kier alpha value is -1.50.